The molecule has 1 amide bonds. The molecular weight excluding hydrogens is 258 g/mol. The van der Waals surface area contributed by atoms with Crippen LogP contribution >= 0.6 is 11.8 Å². The fourth-order valence-corrected chi connectivity index (χ4v) is 2.51. The zero-order valence-corrected chi connectivity index (χ0v) is 12.9. The van der Waals surface area contributed by atoms with Crippen LogP contribution in [0, 0.1) is 0 Å². The van der Waals surface area contributed by atoms with E-state index in [1.165, 1.54) is 4.90 Å². The summed E-state index contributed by atoms with van der Waals surface area (Å²) in [4.78, 5) is 12.9. The molecule has 0 aromatic heterocycles. The molecule has 0 bridgehead atoms. The summed E-state index contributed by atoms with van der Waals surface area (Å²) in [6.45, 7) is 7.67. The Labute approximate surface area is 120 Å². The van der Waals surface area contributed by atoms with Gasteiger partial charge in [-0.2, -0.15) is 0 Å². The number of rotatable bonds is 5. The van der Waals surface area contributed by atoms with Gasteiger partial charge in [0.2, 0.25) is 0 Å². The second-order valence-electron chi connectivity index (χ2n) is 5.38. The number of hydrogen-bond acceptors (Lipinski definition) is 3. The van der Waals surface area contributed by atoms with Gasteiger partial charge in [-0.15, -0.1) is 11.8 Å². The maximum atomic E-state index is 11.7. The van der Waals surface area contributed by atoms with Crippen molar-refractivity contribution < 1.29 is 9.53 Å². The molecule has 1 unspecified atom stereocenters. The molecule has 4 heteroatoms. The topological polar surface area (TPSA) is 38.3 Å². The maximum Gasteiger partial charge on any atom is 0.407 e. The molecule has 0 saturated heterocycles. The SMILES string of the molecule is CCC(CSc1ccccc1)NC(=O)OC(C)(C)C. The molecule has 0 aliphatic carbocycles. The zero-order valence-electron chi connectivity index (χ0n) is 12.1. The zero-order chi connectivity index (χ0) is 14.3. The Kier molecular flexibility index (Phi) is 6.22. The molecule has 0 radical (unpaired) electrons. The number of alkyl carbamates (subject to hydrolysis) is 1. The second-order valence-corrected chi connectivity index (χ2v) is 6.47. The minimum Gasteiger partial charge on any atom is -0.444 e. The van der Waals surface area contributed by atoms with Crippen LogP contribution < -0.4 is 5.32 Å². The molecule has 0 aliphatic rings. The maximum absolute atomic E-state index is 11.7. The average Bonchev–Trinajstić information content (AvgIpc) is 2.33. The molecule has 0 fully saturated rings. The number of hydrogen-bond donors (Lipinski definition) is 1. The van der Waals surface area contributed by atoms with Crippen molar-refractivity contribution in [1.29, 1.82) is 0 Å². The van der Waals surface area contributed by atoms with Gasteiger partial charge < -0.3 is 10.1 Å². The molecule has 0 aliphatic heterocycles. The van der Waals surface area contributed by atoms with Crippen LogP contribution in [-0.2, 0) is 4.74 Å². The number of carbonyl (C=O) groups is 1. The molecule has 1 aromatic rings. The highest BCUT2D eigenvalue weighted by molar-refractivity contribution is 7.99. The van der Waals surface area contributed by atoms with Gasteiger partial charge in [-0.05, 0) is 39.3 Å². The van der Waals surface area contributed by atoms with E-state index in [4.69, 9.17) is 4.74 Å². The standard InChI is InChI=1S/C15H23NO2S/c1-5-12(16-14(17)18-15(2,3)4)11-19-13-9-7-6-8-10-13/h6-10,12H,5,11H2,1-4H3,(H,16,17). The number of carbonyl (C=O) groups excluding carboxylic acids is 1. The molecule has 1 atom stereocenters. The van der Waals surface area contributed by atoms with Crippen LogP contribution in [0.1, 0.15) is 34.1 Å². The summed E-state index contributed by atoms with van der Waals surface area (Å²) >= 11 is 1.74. The summed E-state index contributed by atoms with van der Waals surface area (Å²) < 4.78 is 5.26. The lowest BCUT2D eigenvalue weighted by atomic mass is 10.2. The minimum absolute atomic E-state index is 0.125. The van der Waals surface area contributed by atoms with Crippen LogP contribution in [0.4, 0.5) is 4.79 Å². The van der Waals surface area contributed by atoms with Crippen molar-refractivity contribution in [2.45, 2.75) is 50.7 Å². The van der Waals surface area contributed by atoms with Crippen molar-refractivity contribution in [2.24, 2.45) is 0 Å². The summed E-state index contributed by atoms with van der Waals surface area (Å²) in [7, 11) is 0. The Hall–Kier alpha value is -1.16. The van der Waals surface area contributed by atoms with E-state index in [0.29, 0.717) is 0 Å². The van der Waals surface area contributed by atoms with Crippen molar-refractivity contribution >= 4 is 17.9 Å². The van der Waals surface area contributed by atoms with Crippen LogP contribution in [0.15, 0.2) is 35.2 Å². The first-order valence-electron chi connectivity index (χ1n) is 6.58. The normalized spacial score (nSPS) is 12.8. The van der Waals surface area contributed by atoms with E-state index in [-0.39, 0.29) is 12.1 Å². The first-order valence-corrected chi connectivity index (χ1v) is 7.56. The molecule has 0 heterocycles. The fraction of sp³-hybridized carbons (Fsp3) is 0.533. The highest BCUT2D eigenvalue weighted by atomic mass is 32.2. The summed E-state index contributed by atoms with van der Waals surface area (Å²) in [5.74, 6) is 0.847. The quantitative estimate of drug-likeness (QED) is 0.826. The third-order valence-corrected chi connectivity index (χ3v) is 3.58. The first kappa shape index (κ1) is 15.9. The van der Waals surface area contributed by atoms with E-state index < -0.39 is 5.60 Å². The molecule has 0 saturated carbocycles. The predicted molar refractivity (Wildman–Crippen MR) is 80.6 cm³/mol. The van der Waals surface area contributed by atoms with E-state index >= 15 is 0 Å². The van der Waals surface area contributed by atoms with Crippen molar-refractivity contribution in [3.05, 3.63) is 30.3 Å². The van der Waals surface area contributed by atoms with Crippen LogP contribution in [0.2, 0.25) is 0 Å². The summed E-state index contributed by atoms with van der Waals surface area (Å²) in [6.07, 6.45) is 0.548. The highest BCUT2D eigenvalue weighted by Gasteiger charge is 2.18. The lowest BCUT2D eigenvalue weighted by molar-refractivity contribution is 0.0508. The Morgan fingerprint density at radius 3 is 2.47 bits per heavy atom. The van der Waals surface area contributed by atoms with Gasteiger partial charge in [-0.3, -0.25) is 0 Å². The van der Waals surface area contributed by atoms with Crippen LogP contribution in [-0.4, -0.2) is 23.5 Å². The van der Waals surface area contributed by atoms with Gasteiger partial charge in [0.05, 0.1) is 0 Å². The fourth-order valence-electron chi connectivity index (χ4n) is 1.45. The van der Waals surface area contributed by atoms with E-state index in [2.05, 4.69) is 24.4 Å². The molecule has 1 rings (SSSR count). The van der Waals surface area contributed by atoms with Crippen LogP contribution in [0.3, 0.4) is 0 Å². The van der Waals surface area contributed by atoms with Gasteiger partial charge in [0.1, 0.15) is 5.60 Å². The van der Waals surface area contributed by atoms with E-state index in [1.807, 2.05) is 39.0 Å². The Bertz CT molecular complexity index is 387. The summed E-state index contributed by atoms with van der Waals surface area (Å²) in [6, 6.07) is 10.3. The molecule has 3 nitrogen and oxygen atoms in total. The van der Waals surface area contributed by atoms with E-state index in [0.717, 1.165) is 12.2 Å². The van der Waals surface area contributed by atoms with Crippen LogP contribution in [0.25, 0.3) is 0 Å². The van der Waals surface area contributed by atoms with Crippen molar-refractivity contribution in [3.8, 4) is 0 Å². The number of amides is 1. The van der Waals surface area contributed by atoms with Crippen molar-refractivity contribution in [3.63, 3.8) is 0 Å². The summed E-state index contributed by atoms with van der Waals surface area (Å²) in [5.41, 5.74) is -0.449. The number of thioether (sulfide) groups is 1. The van der Waals surface area contributed by atoms with Gasteiger partial charge in [0.15, 0.2) is 0 Å². The van der Waals surface area contributed by atoms with E-state index in [9.17, 15) is 4.79 Å². The molecule has 1 aromatic carbocycles. The number of ether oxygens (including phenoxy) is 1. The third kappa shape index (κ3) is 7.11. The summed E-state index contributed by atoms with van der Waals surface area (Å²) in [5, 5.41) is 2.91. The van der Waals surface area contributed by atoms with Gasteiger partial charge in [0.25, 0.3) is 0 Å². The second kappa shape index (κ2) is 7.43. The number of benzene rings is 1. The van der Waals surface area contributed by atoms with Gasteiger partial charge in [-0.25, -0.2) is 4.79 Å². The minimum atomic E-state index is -0.449. The van der Waals surface area contributed by atoms with E-state index in [1.54, 1.807) is 11.8 Å². The average molecular weight is 281 g/mol. The Morgan fingerprint density at radius 1 is 1.32 bits per heavy atom. The van der Waals surface area contributed by atoms with Crippen molar-refractivity contribution in [1.82, 2.24) is 5.32 Å². The monoisotopic (exact) mass is 281 g/mol. The Balaban J connectivity index is 2.39. The van der Waals surface area contributed by atoms with Crippen LogP contribution in [0.5, 0.6) is 0 Å². The molecular formula is C15H23NO2S. The molecule has 0 spiro atoms. The van der Waals surface area contributed by atoms with Gasteiger partial charge >= 0.3 is 6.09 Å². The Morgan fingerprint density at radius 2 is 1.95 bits per heavy atom. The molecule has 19 heavy (non-hydrogen) atoms. The largest absolute Gasteiger partial charge is 0.444 e. The van der Waals surface area contributed by atoms with Gasteiger partial charge in [0, 0.05) is 16.7 Å². The first-order chi connectivity index (χ1) is 8.90. The number of nitrogens with one attached hydrogen (secondary N) is 1. The highest BCUT2D eigenvalue weighted by Crippen LogP contribution is 2.19. The lowest BCUT2D eigenvalue weighted by Gasteiger charge is -2.23. The predicted octanol–water partition coefficient (Wildman–Crippen LogP) is 4.08. The van der Waals surface area contributed by atoms with Crippen molar-refractivity contribution in [2.75, 3.05) is 5.75 Å². The molecule has 106 valence electrons. The smallest absolute Gasteiger partial charge is 0.407 e. The third-order valence-electron chi connectivity index (χ3n) is 2.41. The molecule has 1 N–H and O–H groups in total. The van der Waals surface area contributed by atoms with Gasteiger partial charge in [-0.1, -0.05) is 25.1 Å². The lowest BCUT2D eigenvalue weighted by Crippen LogP contribution is -2.40.